The van der Waals surface area contributed by atoms with Crippen molar-refractivity contribution in [2.75, 3.05) is 17.8 Å². The van der Waals surface area contributed by atoms with Gasteiger partial charge < -0.3 is 10.2 Å². The standard InChI is InChI=1S/C7H12N4O2S2/c1-2-13-6(12)4-14-3-5-7(9-8)15-11-10-5/h9H,2-4,8H2,1H3. The number of hydrogen-bond acceptors (Lipinski definition) is 8. The number of nitrogen functional groups attached to an aromatic ring is 1. The third kappa shape index (κ3) is 4.02. The van der Waals surface area contributed by atoms with Crippen LogP contribution in [-0.2, 0) is 15.3 Å². The minimum absolute atomic E-state index is 0.215. The highest BCUT2D eigenvalue weighted by atomic mass is 32.2. The van der Waals surface area contributed by atoms with E-state index in [0.717, 1.165) is 10.7 Å². The fraction of sp³-hybridized carbons (Fsp3) is 0.571. The average molecular weight is 248 g/mol. The van der Waals surface area contributed by atoms with E-state index in [9.17, 15) is 4.79 Å². The van der Waals surface area contributed by atoms with Crippen molar-refractivity contribution in [1.29, 1.82) is 0 Å². The van der Waals surface area contributed by atoms with Crippen molar-refractivity contribution in [1.82, 2.24) is 9.59 Å². The van der Waals surface area contributed by atoms with E-state index in [-0.39, 0.29) is 5.97 Å². The van der Waals surface area contributed by atoms with Gasteiger partial charge in [-0.2, -0.15) is 0 Å². The lowest BCUT2D eigenvalue weighted by atomic mass is 10.5. The van der Waals surface area contributed by atoms with E-state index in [4.69, 9.17) is 10.6 Å². The molecule has 15 heavy (non-hydrogen) atoms. The Morgan fingerprint density at radius 1 is 1.73 bits per heavy atom. The van der Waals surface area contributed by atoms with Crippen LogP contribution >= 0.6 is 23.3 Å². The molecule has 1 rings (SSSR count). The number of rotatable bonds is 6. The van der Waals surface area contributed by atoms with Crippen LogP contribution in [0.15, 0.2) is 0 Å². The molecule has 0 fully saturated rings. The molecule has 0 unspecified atom stereocenters. The molecule has 0 aliphatic heterocycles. The smallest absolute Gasteiger partial charge is 0.315 e. The number of hydrazine groups is 1. The van der Waals surface area contributed by atoms with Crippen molar-refractivity contribution in [2.45, 2.75) is 12.7 Å². The molecule has 0 amide bonds. The maximum atomic E-state index is 11.0. The van der Waals surface area contributed by atoms with Gasteiger partial charge in [-0.15, -0.1) is 16.9 Å². The van der Waals surface area contributed by atoms with Crippen LogP contribution < -0.4 is 11.3 Å². The molecule has 0 atom stereocenters. The lowest BCUT2D eigenvalue weighted by Crippen LogP contribution is -2.08. The zero-order valence-electron chi connectivity index (χ0n) is 8.23. The van der Waals surface area contributed by atoms with Crippen molar-refractivity contribution in [3.8, 4) is 0 Å². The van der Waals surface area contributed by atoms with Crippen LogP contribution in [0, 0.1) is 0 Å². The Kier molecular flexibility index (Phi) is 5.37. The SMILES string of the molecule is CCOC(=O)CSCc1nnsc1NN. The van der Waals surface area contributed by atoms with Crippen molar-refractivity contribution in [3.05, 3.63) is 5.69 Å². The first-order chi connectivity index (χ1) is 7.27. The second-order valence-corrected chi connectivity index (χ2v) is 4.23. The molecule has 3 N–H and O–H groups in total. The second kappa shape index (κ2) is 6.59. The van der Waals surface area contributed by atoms with Crippen molar-refractivity contribution >= 4 is 34.3 Å². The van der Waals surface area contributed by atoms with E-state index < -0.39 is 0 Å². The summed E-state index contributed by atoms with van der Waals surface area (Å²) < 4.78 is 8.53. The number of hydrogen-bond donors (Lipinski definition) is 2. The Labute approximate surface area is 95.7 Å². The summed E-state index contributed by atoms with van der Waals surface area (Å²) in [7, 11) is 0. The van der Waals surface area contributed by atoms with Crippen molar-refractivity contribution in [3.63, 3.8) is 0 Å². The van der Waals surface area contributed by atoms with Gasteiger partial charge in [0.05, 0.1) is 12.4 Å². The van der Waals surface area contributed by atoms with E-state index in [0.29, 0.717) is 18.1 Å². The quantitative estimate of drug-likeness (QED) is 0.433. The second-order valence-electron chi connectivity index (χ2n) is 2.49. The minimum atomic E-state index is -0.215. The molecule has 1 heterocycles. The van der Waals surface area contributed by atoms with E-state index in [1.165, 1.54) is 23.3 Å². The fourth-order valence-electron chi connectivity index (χ4n) is 0.846. The highest BCUT2D eigenvalue weighted by Crippen LogP contribution is 2.21. The maximum absolute atomic E-state index is 11.0. The van der Waals surface area contributed by atoms with Gasteiger partial charge in [-0.3, -0.25) is 4.79 Å². The zero-order valence-corrected chi connectivity index (χ0v) is 9.86. The van der Waals surface area contributed by atoms with Gasteiger partial charge in [-0.25, -0.2) is 5.84 Å². The maximum Gasteiger partial charge on any atom is 0.315 e. The summed E-state index contributed by atoms with van der Waals surface area (Å²) in [5.41, 5.74) is 3.26. The summed E-state index contributed by atoms with van der Waals surface area (Å²) in [5.74, 6) is 5.95. The summed E-state index contributed by atoms with van der Waals surface area (Å²) in [5, 5.41) is 4.61. The topological polar surface area (TPSA) is 90.1 Å². The molecule has 1 aromatic rings. The number of carbonyl (C=O) groups excluding carboxylic acids is 1. The van der Waals surface area contributed by atoms with Crippen LogP contribution in [0.1, 0.15) is 12.6 Å². The Morgan fingerprint density at radius 3 is 3.20 bits per heavy atom. The molecule has 0 spiro atoms. The van der Waals surface area contributed by atoms with Crippen molar-refractivity contribution < 1.29 is 9.53 Å². The molecule has 8 heteroatoms. The summed E-state index contributed by atoms with van der Waals surface area (Å²) in [6.45, 7) is 2.19. The Bertz CT molecular complexity index is 318. The third-order valence-corrected chi connectivity index (χ3v) is 3.07. The third-order valence-electron chi connectivity index (χ3n) is 1.45. The summed E-state index contributed by atoms with van der Waals surface area (Å²) in [6, 6.07) is 0. The first-order valence-electron chi connectivity index (χ1n) is 4.29. The molecule has 0 bridgehead atoms. The van der Waals surface area contributed by atoms with Crippen LogP contribution in [0.5, 0.6) is 0 Å². The summed E-state index contributed by atoms with van der Waals surface area (Å²) >= 11 is 2.61. The predicted molar refractivity (Wildman–Crippen MR) is 60.5 cm³/mol. The van der Waals surface area contributed by atoms with Gasteiger partial charge in [-0.05, 0) is 6.92 Å². The first kappa shape index (κ1) is 12.2. The van der Waals surface area contributed by atoms with E-state index >= 15 is 0 Å². The van der Waals surface area contributed by atoms with E-state index in [2.05, 4.69) is 15.0 Å². The summed E-state index contributed by atoms with van der Waals surface area (Å²) in [4.78, 5) is 11.0. The molecule has 0 saturated heterocycles. The van der Waals surface area contributed by atoms with E-state index in [1.54, 1.807) is 6.92 Å². The number of nitrogens with zero attached hydrogens (tertiary/aromatic N) is 2. The van der Waals surface area contributed by atoms with Crippen LogP contribution in [-0.4, -0.2) is 27.9 Å². The van der Waals surface area contributed by atoms with Gasteiger partial charge in [-0.1, -0.05) is 4.49 Å². The summed E-state index contributed by atoms with van der Waals surface area (Å²) in [6.07, 6.45) is 0. The number of nitrogens with two attached hydrogens (primary N) is 1. The van der Waals surface area contributed by atoms with Gasteiger partial charge in [0, 0.05) is 17.3 Å². The predicted octanol–water partition coefficient (Wildman–Crippen LogP) is 0.620. The zero-order chi connectivity index (χ0) is 11.1. The van der Waals surface area contributed by atoms with Crippen LogP contribution in [0.3, 0.4) is 0 Å². The minimum Gasteiger partial charge on any atom is -0.465 e. The highest BCUT2D eigenvalue weighted by molar-refractivity contribution is 7.99. The Balaban J connectivity index is 2.28. The molecule has 1 aromatic heterocycles. The molecular formula is C7H12N4O2S2. The van der Waals surface area contributed by atoms with Gasteiger partial charge in [0.25, 0.3) is 0 Å². The Hall–Kier alpha value is -0.860. The largest absolute Gasteiger partial charge is 0.465 e. The lowest BCUT2D eigenvalue weighted by Gasteiger charge is -2.01. The molecule has 0 aliphatic rings. The Morgan fingerprint density at radius 2 is 2.53 bits per heavy atom. The molecule has 0 saturated carbocycles. The molecule has 6 nitrogen and oxygen atoms in total. The number of nitrogens with one attached hydrogen (secondary N) is 1. The molecule has 0 radical (unpaired) electrons. The monoisotopic (exact) mass is 248 g/mol. The average Bonchev–Trinajstić information content (AvgIpc) is 2.66. The number of carbonyl (C=O) groups is 1. The molecule has 0 aliphatic carbocycles. The van der Waals surface area contributed by atoms with Gasteiger partial charge in [0.2, 0.25) is 0 Å². The fourth-order valence-corrected chi connectivity index (χ4v) is 2.18. The van der Waals surface area contributed by atoms with Crippen LogP contribution in [0.2, 0.25) is 0 Å². The van der Waals surface area contributed by atoms with Crippen LogP contribution in [0.25, 0.3) is 0 Å². The molecule has 84 valence electrons. The highest BCUT2D eigenvalue weighted by Gasteiger charge is 2.08. The number of thioether (sulfide) groups is 1. The van der Waals surface area contributed by atoms with E-state index in [1.807, 2.05) is 0 Å². The number of aromatic nitrogens is 2. The molecular weight excluding hydrogens is 236 g/mol. The van der Waals surface area contributed by atoms with Crippen molar-refractivity contribution in [2.24, 2.45) is 5.84 Å². The number of esters is 1. The first-order valence-corrected chi connectivity index (χ1v) is 6.22. The number of anilines is 1. The van der Waals surface area contributed by atoms with Crippen LogP contribution in [0.4, 0.5) is 5.00 Å². The van der Waals surface area contributed by atoms with Gasteiger partial charge in [0.1, 0.15) is 10.7 Å². The lowest BCUT2D eigenvalue weighted by molar-refractivity contribution is -0.139. The molecule has 0 aromatic carbocycles. The normalized spacial score (nSPS) is 10.0. The van der Waals surface area contributed by atoms with Gasteiger partial charge in [0.15, 0.2) is 0 Å². The van der Waals surface area contributed by atoms with Gasteiger partial charge >= 0.3 is 5.97 Å². The number of ether oxygens (including phenoxy) is 1.